The van der Waals surface area contributed by atoms with Crippen LogP contribution in [-0.2, 0) is 0 Å². The van der Waals surface area contributed by atoms with E-state index in [1.165, 1.54) is 49.4 Å². The van der Waals surface area contributed by atoms with Crippen molar-refractivity contribution in [3.63, 3.8) is 0 Å². The normalized spacial score (nSPS) is 11.5. The molecule has 2 heteroatoms. The Labute approximate surface area is 183 Å². The second-order valence-corrected chi connectivity index (χ2v) is 8.54. The third-order valence-corrected chi connectivity index (χ3v) is 6.34. The molecule has 6 aromatic rings. The largest absolute Gasteiger partial charge is 0.309 e. The van der Waals surface area contributed by atoms with Crippen LogP contribution in [0.2, 0.25) is 0 Å². The molecule has 5 aromatic carbocycles. The number of para-hydroxylation sites is 1. The lowest BCUT2D eigenvalue weighted by molar-refractivity contribution is 1.18. The first-order valence-electron chi connectivity index (χ1n) is 10.1. The summed E-state index contributed by atoms with van der Waals surface area (Å²) in [6.45, 7) is 0. The summed E-state index contributed by atoms with van der Waals surface area (Å²) in [6.07, 6.45) is 0. The van der Waals surface area contributed by atoms with Gasteiger partial charge in [-0.15, -0.1) is 0 Å². The van der Waals surface area contributed by atoms with E-state index in [4.69, 9.17) is 0 Å². The van der Waals surface area contributed by atoms with Crippen molar-refractivity contribution in [1.82, 2.24) is 4.57 Å². The molecule has 142 valence electrons. The van der Waals surface area contributed by atoms with Crippen molar-refractivity contribution >= 4 is 48.5 Å². The van der Waals surface area contributed by atoms with Gasteiger partial charge in [0, 0.05) is 20.9 Å². The first-order valence-corrected chi connectivity index (χ1v) is 10.9. The SMILES string of the molecule is Brc1ccc2c(c1)c1ccccc1n2-c1ccc(-c2ccc3ccccc3c2)cc1. The van der Waals surface area contributed by atoms with Gasteiger partial charge in [0.1, 0.15) is 0 Å². The summed E-state index contributed by atoms with van der Waals surface area (Å²) in [5.74, 6) is 0. The number of aromatic nitrogens is 1. The summed E-state index contributed by atoms with van der Waals surface area (Å²) in [7, 11) is 0. The smallest absolute Gasteiger partial charge is 0.0541 e. The van der Waals surface area contributed by atoms with Crippen LogP contribution in [0.25, 0.3) is 49.4 Å². The minimum atomic E-state index is 1.10. The second kappa shape index (κ2) is 6.86. The van der Waals surface area contributed by atoms with Crippen LogP contribution in [0.3, 0.4) is 0 Å². The van der Waals surface area contributed by atoms with Gasteiger partial charge in [-0.3, -0.25) is 0 Å². The van der Waals surface area contributed by atoms with Crippen molar-refractivity contribution < 1.29 is 0 Å². The monoisotopic (exact) mass is 447 g/mol. The summed E-state index contributed by atoms with van der Waals surface area (Å²) in [6, 6.07) is 39.2. The molecule has 0 aliphatic heterocycles. The summed E-state index contributed by atoms with van der Waals surface area (Å²) < 4.78 is 3.45. The van der Waals surface area contributed by atoms with E-state index in [9.17, 15) is 0 Å². The van der Waals surface area contributed by atoms with Crippen LogP contribution in [0.4, 0.5) is 0 Å². The summed E-state index contributed by atoms with van der Waals surface area (Å²) >= 11 is 3.63. The van der Waals surface area contributed by atoms with Crippen LogP contribution in [0.5, 0.6) is 0 Å². The molecular formula is C28H18BrN. The number of halogens is 1. The Morgan fingerprint density at radius 1 is 0.500 bits per heavy atom. The third-order valence-electron chi connectivity index (χ3n) is 5.84. The predicted molar refractivity (Wildman–Crippen MR) is 131 cm³/mol. The van der Waals surface area contributed by atoms with E-state index in [0.29, 0.717) is 0 Å². The van der Waals surface area contributed by atoms with E-state index in [2.05, 4.69) is 130 Å². The lowest BCUT2D eigenvalue weighted by atomic mass is 10.0. The highest BCUT2D eigenvalue weighted by molar-refractivity contribution is 9.10. The van der Waals surface area contributed by atoms with Gasteiger partial charge in [-0.1, -0.05) is 82.7 Å². The second-order valence-electron chi connectivity index (χ2n) is 7.62. The van der Waals surface area contributed by atoms with Crippen LogP contribution < -0.4 is 0 Å². The zero-order chi connectivity index (χ0) is 20.1. The number of nitrogens with zero attached hydrogens (tertiary/aromatic N) is 1. The Balaban J connectivity index is 1.51. The average Bonchev–Trinajstić information content (AvgIpc) is 3.12. The fourth-order valence-corrected chi connectivity index (χ4v) is 4.76. The number of hydrogen-bond acceptors (Lipinski definition) is 0. The minimum absolute atomic E-state index is 1.10. The fourth-order valence-electron chi connectivity index (χ4n) is 4.40. The van der Waals surface area contributed by atoms with Crippen LogP contribution in [0, 0.1) is 0 Å². The van der Waals surface area contributed by atoms with Gasteiger partial charge in [0.05, 0.1) is 11.0 Å². The highest BCUT2D eigenvalue weighted by Gasteiger charge is 2.12. The number of rotatable bonds is 2. The highest BCUT2D eigenvalue weighted by atomic mass is 79.9. The van der Waals surface area contributed by atoms with Crippen LogP contribution in [0.15, 0.2) is 114 Å². The molecular weight excluding hydrogens is 430 g/mol. The van der Waals surface area contributed by atoms with Crippen molar-refractivity contribution in [3.8, 4) is 16.8 Å². The third kappa shape index (κ3) is 2.76. The Kier molecular flexibility index (Phi) is 4.00. The van der Waals surface area contributed by atoms with E-state index in [0.717, 1.165) is 4.47 Å². The Hall–Kier alpha value is -3.36. The average molecular weight is 448 g/mol. The van der Waals surface area contributed by atoms with Gasteiger partial charge >= 0.3 is 0 Å². The minimum Gasteiger partial charge on any atom is -0.309 e. The number of fused-ring (bicyclic) bond motifs is 4. The topological polar surface area (TPSA) is 4.93 Å². The molecule has 0 spiro atoms. The Morgan fingerprint density at radius 3 is 2.07 bits per heavy atom. The number of hydrogen-bond donors (Lipinski definition) is 0. The van der Waals surface area contributed by atoms with E-state index in [1.54, 1.807) is 0 Å². The molecule has 0 saturated heterocycles. The maximum absolute atomic E-state index is 3.63. The molecule has 6 rings (SSSR count). The zero-order valence-electron chi connectivity index (χ0n) is 16.2. The molecule has 1 heterocycles. The summed E-state index contributed by atoms with van der Waals surface area (Å²) in [5.41, 5.74) is 6.09. The van der Waals surface area contributed by atoms with Gasteiger partial charge in [0.2, 0.25) is 0 Å². The van der Waals surface area contributed by atoms with Gasteiger partial charge in [0.15, 0.2) is 0 Å². The Bertz CT molecular complexity index is 1540. The van der Waals surface area contributed by atoms with E-state index in [1.807, 2.05) is 0 Å². The molecule has 30 heavy (non-hydrogen) atoms. The summed E-state index contributed by atoms with van der Waals surface area (Å²) in [5, 5.41) is 5.08. The van der Waals surface area contributed by atoms with Crippen molar-refractivity contribution in [2.24, 2.45) is 0 Å². The molecule has 0 radical (unpaired) electrons. The first-order chi connectivity index (χ1) is 14.8. The van der Waals surface area contributed by atoms with Gasteiger partial charge < -0.3 is 4.57 Å². The summed E-state index contributed by atoms with van der Waals surface area (Å²) in [4.78, 5) is 0. The van der Waals surface area contributed by atoms with E-state index >= 15 is 0 Å². The van der Waals surface area contributed by atoms with E-state index in [-0.39, 0.29) is 0 Å². The zero-order valence-corrected chi connectivity index (χ0v) is 17.8. The lowest BCUT2D eigenvalue weighted by Crippen LogP contribution is -1.93. The van der Waals surface area contributed by atoms with Crippen LogP contribution >= 0.6 is 15.9 Å². The maximum atomic E-state index is 3.63. The molecule has 0 bridgehead atoms. The van der Waals surface area contributed by atoms with Crippen LogP contribution in [0.1, 0.15) is 0 Å². The van der Waals surface area contributed by atoms with Crippen molar-refractivity contribution in [3.05, 3.63) is 114 Å². The maximum Gasteiger partial charge on any atom is 0.0541 e. The first kappa shape index (κ1) is 17.5. The Morgan fingerprint density at radius 2 is 1.20 bits per heavy atom. The van der Waals surface area contributed by atoms with Crippen molar-refractivity contribution in [2.45, 2.75) is 0 Å². The van der Waals surface area contributed by atoms with Gasteiger partial charge in [-0.25, -0.2) is 0 Å². The quantitative estimate of drug-likeness (QED) is 0.251. The van der Waals surface area contributed by atoms with Gasteiger partial charge in [0.25, 0.3) is 0 Å². The van der Waals surface area contributed by atoms with Crippen molar-refractivity contribution in [2.75, 3.05) is 0 Å². The molecule has 0 amide bonds. The van der Waals surface area contributed by atoms with Crippen molar-refractivity contribution in [1.29, 1.82) is 0 Å². The molecule has 0 unspecified atom stereocenters. The molecule has 0 saturated carbocycles. The molecule has 0 aliphatic rings. The van der Waals surface area contributed by atoms with E-state index < -0.39 is 0 Å². The molecule has 0 atom stereocenters. The molecule has 1 aromatic heterocycles. The van der Waals surface area contributed by atoms with Gasteiger partial charge in [-0.2, -0.15) is 0 Å². The van der Waals surface area contributed by atoms with Gasteiger partial charge in [-0.05, 0) is 64.4 Å². The lowest BCUT2D eigenvalue weighted by Gasteiger charge is -2.10. The predicted octanol–water partition coefficient (Wildman–Crippen LogP) is 8.37. The molecule has 0 fully saturated rings. The number of benzene rings is 5. The molecule has 0 aliphatic carbocycles. The standard InChI is InChI=1S/C28H18BrN/c29-23-13-16-28-26(18-23)25-7-3-4-8-27(25)30(28)24-14-11-20(12-15-24)22-10-9-19-5-1-2-6-21(19)17-22/h1-18H. The highest BCUT2D eigenvalue weighted by Crippen LogP contribution is 2.34. The molecule has 0 N–H and O–H groups in total. The molecule has 1 nitrogen and oxygen atoms in total. The van der Waals surface area contributed by atoms with Crippen LogP contribution in [-0.4, -0.2) is 4.57 Å². The fraction of sp³-hybridized carbons (Fsp3) is 0.